The van der Waals surface area contributed by atoms with Gasteiger partial charge in [0.25, 0.3) is 0 Å². The van der Waals surface area contributed by atoms with E-state index >= 15 is 0 Å². The highest BCUT2D eigenvalue weighted by molar-refractivity contribution is 7.97. The summed E-state index contributed by atoms with van der Waals surface area (Å²) in [5, 5.41) is 16.7. The SMILES string of the molecule is CSCc1nnc2sc(Cc3cccc4ccccc34)nn12. The van der Waals surface area contributed by atoms with Gasteiger partial charge in [-0.3, -0.25) is 0 Å². The van der Waals surface area contributed by atoms with Crippen molar-refractivity contribution in [2.75, 3.05) is 6.26 Å². The Balaban J connectivity index is 1.73. The molecular formula is C16H14N4S2. The van der Waals surface area contributed by atoms with Gasteiger partial charge in [0.2, 0.25) is 4.96 Å². The average molecular weight is 326 g/mol. The maximum absolute atomic E-state index is 4.69. The van der Waals surface area contributed by atoms with E-state index in [0.29, 0.717) is 0 Å². The molecule has 6 heteroatoms. The van der Waals surface area contributed by atoms with Crippen molar-refractivity contribution in [2.24, 2.45) is 0 Å². The van der Waals surface area contributed by atoms with Gasteiger partial charge in [0, 0.05) is 6.42 Å². The summed E-state index contributed by atoms with van der Waals surface area (Å²) in [5.74, 6) is 1.75. The highest BCUT2D eigenvalue weighted by Gasteiger charge is 2.12. The van der Waals surface area contributed by atoms with E-state index in [1.807, 2.05) is 4.52 Å². The first kappa shape index (κ1) is 13.7. The van der Waals surface area contributed by atoms with Crippen molar-refractivity contribution in [1.29, 1.82) is 0 Å². The van der Waals surface area contributed by atoms with Crippen molar-refractivity contribution in [1.82, 2.24) is 19.8 Å². The Morgan fingerprint density at radius 2 is 1.95 bits per heavy atom. The van der Waals surface area contributed by atoms with Gasteiger partial charge in [-0.1, -0.05) is 53.8 Å². The van der Waals surface area contributed by atoms with E-state index in [-0.39, 0.29) is 0 Å². The quantitative estimate of drug-likeness (QED) is 0.572. The molecule has 110 valence electrons. The number of rotatable bonds is 4. The van der Waals surface area contributed by atoms with Gasteiger partial charge < -0.3 is 0 Å². The predicted octanol–water partition coefficient (Wildman–Crippen LogP) is 3.79. The van der Waals surface area contributed by atoms with E-state index < -0.39 is 0 Å². The van der Waals surface area contributed by atoms with E-state index in [9.17, 15) is 0 Å². The number of benzene rings is 2. The molecule has 4 nitrogen and oxygen atoms in total. The first-order valence-electron chi connectivity index (χ1n) is 7.01. The van der Waals surface area contributed by atoms with Crippen LogP contribution in [0.2, 0.25) is 0 Å². The van der Waals surface area contributed by atoms with E-state index in [1.54, 1.807) is 23.1 Å². The topological polar surface area (TPSA) is 43.1 Å². The molecule has 0 aliphatic carbocycles. The minimum atomic E-state index is 0.827. The lowest BCUT2D eigenvalue weighted by Crippen LogP contribution is -1.96. The molecule has 22 heavy (non-hydrogen) atoms. The average Bonchev–Trinajstić information content (AvgIpc) is 3.10. The highest BCUT2D eigenvalue weighted by Crippen LogP contribution is 2.24. The molecule has 0 unspecified atom stereocenters. The molecular weight excluding hydrogens is 312 g/mol. The van der Waals surface area contributed by atoms with Crippen LogP contribution in [-0.4, -0.2) is 26.1 Å². The Morgan fingerprint density at radius 1 is 1.09 bits per heavy atom. The second-order valence-electron chi connectivity index (χ2n) is 5.05. The monoisotopic (exact) mass is 326 g/mol. The van der Waals surface area contributed by atoms with Crippen molar-refractivity contribution < 1.29 is 0 Å². The lowest BCUT2D eigenvalue weighted by atomic mass is 10.0. The molecule has 2 aromatic carbocycles. The maximum Gasteiger partial charge on any atom is 0.234 e. The molecule has 0 atom stereocenters. The molecule has 0 N–H and O–H groups in total. The third-order valence-electron chi connectivity index (χ3n) is 3.59. The third kappa shape index (κ3) is 2.38. The smallest absolute Gasteiger partial charge is 0.186 e. The second-order valence-corrected chi connectivity index (χ2v) is 6.96. The van der Waals surface area contributed by atoms with E-state index in [4.69, 9.17) is 5.10 Å². The molecule has 0 fully saturated rings. The van der Waals surface area contributed by atoms with Crippen molar-refractivity contribution in [3.05, 3.63) is 58.9 Å². The highest BCUT2D eigenvalue weighted by atomic mass is 32.2. The minimum Gasteiger partial charge on any atom is -0.186 e. The molecule has 4 aromatic rings. The number of hydrogen-bond acceptors (Lipinski definition) is 5. The molecule has 0 saturated heterocycles. The van der Waals surface area contributed by atoms with Gasteiger partial charge in [-0.25, -0.2) is 0 Å². The number of thioether (sulfide) groups is 1. The standard InChI is InChI=1S/C16H14N4S2/c1-21-10-14-17-18-16-20(14)19-15(22-16)9-12-7-4-6-11-5-2-3-8-13(11)12/h2-8H,9-10H2,1H3. The van der Waals surface area contributed by atoms with Gasteiger partial charge in [0.15, 0.2) is 5.82 Å². The molecule has 0 bridgehead atoms. The van der Waals surface area contributed by atoms with Crippen LogP contribution in [0.25, 0.3) is 15.7 Å². The Bertz CT molecular complexity index is 936. The summed E-state index contributed by atoms with van der Waals surface area (Å²) in [4.78, 5) is 0.874. The summed E-state index contributed by atoms with van der Waals surface area (Å²) in [6, 6.07) is 14.9. The molecule has 0 saturated carbocycles. The summed E-state index contributed by atoms with van der Waals surface area (Å²) in [6.07, 6.45) is 2.89. The van der Waals surface area contributed by atoms with Gasteiger partial charge in [-0.05, 0) is 22.6 Å². The van der Waals surface area contributed by atoms with Crippen LogP contribution in [0.3, 0.4) is 0 Å². The van der Waals surface area contributed by atoms with Crippen molar-refractivity contribution in [3.8, 4) is 0 Å². The van der Waals surface area contributed by atoms with Crippen molar-refractivity contribution >= 4 is 38.8 Å². The van der Waals surface area contributed by atoms with Crippen LogP contribution >= 0.6 is 23.1 Å². The van der Waals surface area contributed by atoms with Crippen LogP contribution in [0.4, 0.5) is 0 Å². The largest absolute Gasteiger partial charge is 0.234 e. The van der Waals surface area contributed by atoms with Crippen LogP contribution < -0.4 is 0 Å². The Kier molecular flexibility index (Phi) is 3.56. The minimum absolute atomic E-state index is 0.827. The fourth-order valence-corrected chi connectivity index (χ4v) is 3.91. The Hall–Kier alpha value is -1.92. The zero-order valence-electron chi connectivity index (χ0n) is 12.1. The number of aromatic nitrogens is 4. The fourth-order valence-electron chi connectivity index (χ4n) is 2.60. The lowest BCUT2D eigenvalue weighted by Gasteiger charge is -2.04. The molecule has 0 aliphatic rings. The Morgan fingerprint density at radius 3 is 2.86 bits per heavy atom. The summed E-state index contributed by atoms with van der Waals surface area (Å²) in [6.45, 7) is 0. The normalized spacial score (nSPS) is 11.5. The molecule has 2 heterocycles. The second kappa shape index (κ2) is 5.70. The van der Waals surface area contributed by atoms with E-state index in [2.05, 4.69) is 58.9 Å². The summed E-state index contributed by atoms with van der Waals surface area (Å²) in [5.41, 5.74) is 1.30. The van der Waals surface area contributed by atoms with Crippen LogP contribution in [0.5, 0.6) is 0 Å². The fraction of sp³-hybridized carbons (Fsp3) is 0.188. The molecule has 4 rings (SSSR count). The molecule has 0 amide bonds. The van der Waals surface area contributed by atoms with E-state index in [1.165, 1.54) is 16.3 Å². The van der Waals surface area contributed by atoms with Crippen LogP contribution in [0, 0.1) is 0 Å². The van der Waals surface area contributed by atoms with Gasteiger partial charge in [-0.15, -0.1) is 10.2 Å². The summed E-state index contributed by atoms with van der Waals surface area (Å²) in [7, 11) is 0. The number of fused-ring (bicyclic) bond motifs is 2. The van der Waals surface area contributed by atoms with E-state index in [0.717, 1.165) is 28.0 Å². The zero-order valence-corrected chi connectivity index (χ0v) is 13.7. The third-order valence-corrected chi connectivity index (χ3v) is 5.04. The molecule has 0 radical (unpaired) electrons. The van der Waals surface area contributed by atoms with Gasteiger partial charge in [0.05, 0.1) is 5.75 Å². The van der Waals surface area contributed by atoms with Crippen molar-refractivity contribution in [2.45, 2.75) is 12.2 Å². The number of hydrogen-bond donors (Lipinski definition) is 0. The lowest BCUT2D eigenvalue weighted by molar-refractivity contribution is 0.857. The van der Waals surface area contributed by atoms with Crippen LogP contribution in [0.15, 0.2) is 42.5 Å². The molecule has 0 spiro atoms. The molecule has 2 aromatic heterocycles. The zero-order chi connectivity index (χ0) is 14.9. The summed E-state index contributed by atoms with van der Waals surface area (Å²) >= 11 is 3.35. The first-order chi connectivity index (χ1) is 10.8. The van der Waals surface area contributed by atoms with Gasteiger partial charge in [0.1, 0.15) is 5.01 Å². The van der Waals surface area contributed by atoms with Gasteiger partial charge >= 0.3 is 0 Å². The van der Waals surface area contributed by atoms with Crippen LogP contribution in [0.1, 0.15) is 16.4 Å². The molecule has 0 aliphatic heterocycles. The van der Waals surface area contributed by atoms with Gasteiger partial charge in [-0.2, -0.15) is 21.4 Å². The van der Waals surface area contributed by atoms with Crippen LogP contribution in [-0.2, 0) is 12.2 Å². The maximum atomic E-state index is 4.69. The van der Waals surface area contributed by atoms with Crippen molar-refractivity contribution in [3.63, 3.8) is 0 Å². The number of nitrogens with zero attached hydrogens (tertiary/aromatic N) is 4. The first-order valence-corrected chi connectivity index (χ1v) is 9.22. The Labute approximate surface area is 136 Å². The summed E-state index contributed by atoms with van der Waals surface area (Å²) < 4.78 is 1.88. The predicted molar refractivity (Wildman–Crippen MR) is 92.6 cm³/mol.